The largest absolute Gasteiger partial charge is 0.454 e. The highest BCUT2D eigenvalue weighted by atomic mass is 19.4. The number of benzene rings is 3. The van der Waals surface area contributed by atoms with Crippen molar-refractivity contribution in [3.05, 3.63) is 101 Å². The van der Waals surface area contributed by atoms with Gasteiger partial charge >= 0.3 is 12.1 Å². The van der Waals surface area contributed by atoms with Crippen molar-refractivity contribution in [2.24, 2.45) is 11.8 Å². The van der Waals surface area contributed by atoms with E-state index in [9.17, 15) is 32.0 Å². The number of rotatable bonds is 8. The first-order valence-electron chi connectivity index (χ1n) is 11.2. The second-order valence-electron chi connectivity index (χ2n) is 8.41. The number of carbonyl (C=O) groups excluding carboxylic acids is 1. The molecule has 3 rings (SSSR count). The number of hydrogen-bond acceptors (Lipinski definition) is 4. The number of para-hydroxylation sites is 1. The standard InChI is InChI=1S/C28H22F5NO3/c1-17(2)22(12-9-18-8-11-20(15-24(18)30)28(31,32)33)27(35)37-26(16-34)19-10-13-23(29)25(14-19)36-21-6-4-3-5-7-21/h3-15,17,22,26H,1-2H3/b12-9+. The maximum atomic E-state index is 14.3. The summed E-state index contributed by atoms with van der Waals surface area (Å²) in [5.41, 5.74) is -1.11. The van der Waals surface area contributed by atoms with Gasteiger partial charge in [0.25, 0.3) is 0 Å². The van der Waals surface area contributed by atoms with E-state index in [2.05, 4.69) is 0 Å². The Morgan fingerprint density at radius 1 is 0.973 bits per heavy atom. The second-order valence-corrected chi connectivity index (χ2v) is 8.41. The molecule has 0 heterocycles. The molecule has 3 aromatic carbocycles. The van der Waals surface area contributed by atoms with E-state index in [1.807, 2.05) is 6.07 Å². The van der Waals surface area contributed by atoms with Crippen molar-refractivity contribution < 1.29 is 36.2 Å². The molecule has 0 N–H and O–H groups in total. The van der Waals surface area contributed by atoms with Crippen molar-refractivity contribution in [2.75, 3.05) is 0 Å². The quantitative estimate of drug-likeness (QED) is 0.226. The van der Waals surface area contributed by atoms with E-state index in [4.69, 9.17) is 9.47 Å². The van der Waals surface area contributed by atoms with E-state index in [1.54, 1.807) is 44.2 Å². The number of halogens is 5. The van der Waals surface area contributed by atoms with Crippen LogP contribution in [0.15, 0.2) is 72.8 Å². The minimum atomic E-state index is -4.69. The smallest absolute Gasteiger partial charge is 0.416 e. The first-order valence-corrected chi connectivity index (χ1v) is 11.2. The highest BCUT2D eigenvalue weighted by Gasteiger charge is 2.31. The van der Waals surface area contributed by atoms with Gasteiger partial charge in [-0.2, -0.15) is 18.4 Å². The van der Waals surface area contributed by atoms with Crippen LogP contribution in [0.1, 0.15) is 36.6 Å². The minimum absolute atomic E-state index is 0.149. The van der Waals surface area contributed by atoms with E-state index in [1.165, 1.54) is 24.3 Å². The molecule has 0 aliphatic heterocycles. The van der Waals surface area contributed by atoms with Crippen LogP contribution in [-0.4, -0.2) is 5.97 Å². The van der Waals surface area contributed by atoms with Crippen LogP contribution in [0.4, 0.5) is 22.0 Å². The molecular weight excluding hydrogens is 493 g/mol. The van der Waals surface area contributed by atoms with Crippen molar-refractivity contribution in [1.82, 2.24) is 0 Å². The molecule has 0 amide bonds. The molecule has 2 unspecified atom stereocenters. The van der Waals surface area contributed by atoms with Crippen LogP contribution in [0.25, 0.3) is 6.08 Å². The number of nitrogens with zero attached hydrogens (tertiary/aromatic N) is 1. The summed E-state index contributed by atoms with van der Waals surface area (Å²) < 4.78 is 77.7. The normalized spacial score (nSPS) is 13.3. The Kier molecular flexibility index (Phi) is 8.66. The molecule has 0 radical (unpaired) electrons. The number of carbonyl (C=O) groups is 1. The Morgan fingerprint density at radius 2 is 1.68 bits per heavy atom. The topological polar surface area (TPSA) is 59.3 Å². The SMILES string of the molecule is CC(C)C(/C=C/c1ccc(C(F)(F)F)cc1F)C(=O)OC(C#N)c1ccc(F)c(Oc2ccccc2)c1. The summed E-state index contributed by atoms with van der Waals surface area (Å²) in [5.74, 6) is -3.71. The van der Waals surface area contributed by atoms with Crippen LogP contribution in [0.3, 0.4) is 0 Å². The molecule has 0 saturated carbocycles. The lowest BCUT2D eigenvalue weighted by Crippen LogP contribution is -2.22. The van der Waals surface area contributed by atoms with Crippen molar-refractivity contribution >= 4 is 12.0 Å². The van der Waals surface area contributed by atoms with Gasteiger partial charge in [-0.05, 0) is 42.3 Å². The Balaban J connectivity index is 1.78. The Bertz CT molecular complexity index is 1310. The van der Waals surface area contributed by atoms with E-state index in [0.29, 0.717) is 11.8 Å². The van der Waals surface area contributed by atoms with Gasteiger partial charge in [-0.1, -0.05) is 56.3 Å². The fourth-order valence-electron chi connectivity index (χ4n) is 3.36. The summed E-state index contributed by atoms with van der Waals surface area (Å²) >= 11 is 0. The molecule has 0 fully saturated rings. The Labute approximate surface area is 210 Å². The monoisotopic (exact) mass is 515 g/mol. The molecule has 0 aromatic heterocycles. The lowest BCUT2D eigenvalue weighted by molar-refractivity contribution is -0.151. The molecule has 0 bridgehead atoms. The summed E-state index contributed by atoms with van der Waals surface area (Å²) in [5, 5.41) is 9.61. The molecular formula is C28H22F5NO3. The molecule has 9 heteroatoms. The van der Waals surface area contributed by atoms with E-state index < -0.39 is 41.4 Å². The number of esters is 1. The highest BCUT2D eigenvalue weighted by molar-refractivity contribution is 5.77. The third kappa shape index (κ3) is 7.17. The third-order valence-corrected chi connectivity index (χ3v) is 5.38. The van der Waals surface area contributed by atoms with Crippen LogP contribution in [0, 0.1) is 34.8 Å². The number of ether oxygens (including phenoxy) is 2. The molecule has 192 valence electrons. The zero-order valence-corrected chi connectivity index (χ0v) is 19.8. The summed E-state index contributed by atoms with van der Waals surface area (Å²) in [7, 11) is 0. The van der Waals surface area contributed by atoms with Gasteiger partial charge in [-0.3, -0.25) is 4.79 Å². The molecule has 4 nitrogen and oxygen atoms in total. The lowest BCUT2D eigenvalue weighted by Gasteiger charge is -2.19. The van der Waals surface area contributed by atoms with Gasteiger partial charge in [0.15, 0.2) is 11.6 Å². The number of hydrogen-bond donors (Lipinski definition) is 0. The lowest BCUT2D eigenvalue weighted by atomic mass is 9.94. The Hall–Kier alpha value is -4.19. The van der Waals surface area contributed by atoms with Crippen molar-refractivity contribution in [1.29, 1.82) is 5.26 Å². The van der Waals surface area contributed by atoms with Crippen molar-refractivity contribution in [2.45, 2.75) is 26.1 Å². The zero-order chi connectivity index (χ0) is 27.2. The molecule has 2 atom stereocenters. The van der Waals surface area contributed by atoms with Gasteiger partial charge in [0.2, 0.25) is 6.10 Å². The predicted octanol–water partition coefficient (Wildman–Crippen LogP) is 7.87. The first kappa shape index (κ1) is 27.4. The van der Waals surface area contributed by atoms with Crippen LogP contribution < -0.4 is 4.74 Å². The van der Waals surface area contributed by atoms with Gasteiger partial charge in [0.1, 0.15) is 17.6 Å². The van der Waals surface area contributed by atoms with Crippen LogP contribution >= 0.6 is 0 Å². The van der Waals surface area contributed by atoms with E-state index in [0.717, 1.165) is 18.2 Å². The molecule has 0 aliphatic carbocycles. The van der Waals surface area contributed by atoms with Gasteiger partial charge in [-0.25, -0.2) is 8.78 Å². The van der Waals surface area contributed by atoms with Crippen LogP contribution in [0.2, 0.25) is 0 Å². The summed E-state index contributed by atoms with van der Waals surface area (Å²) in [4.78, 5) is 12.9. The molecule has 3 aromatic rings. The predicted molar refractivity (Wildman–Crippen MR) is 126 cm³/mol. The van der Waals surface area contributed by atoms with E-state index >= 15 is 0 Å². The Morgan fingerprint density at radius 3 is 2.27 bits per heavy atom. The van der Waals surface area contributed by atoms with Crippen LogP contribution in [0.5, 0.6) is 11.5 Å². The second kappa shape index (κ2) is 11.7. The third-order valence-electron chi connectivity index (χ3n) is 5.38. The average molecular weight is 515 g/mol. The first-order chi connectivity index (χ1) is 17.5. The fourth-order valence-corrected chi connectivity index (χ4v) is 3.36. The maximum absolute atomic E-state index is 14.3. The highest BCUT2D eigenvalue weighted by Crippen LogP contribution is 2.32. The number of nitriles is 1. The van der Waals surface area contributed by atoms with Gasteiger partial charge in [0, 0.05) is 11.1 Å². The van der Waals surface area contributed by atoms with Gasteiger partial charge in [-0.15, -0.1) is 0 Å². The van der Waals surface area contributed by atoms with Gasteiger partial charge < -0.3 is 9.47 Å². The average Bonchev–Trinajstić information content (AvgIpc) is 2.84. The van der Waals surface area contributed by atoms with Crippen molar-refractivity contribution in [3.8, 4) is 17.6 Å². The van der Waals surface area contributed by atoms with Gasteiger partial charge in [0.05, 0.1) is 11.5 Å². The summed E-state index contributed by atoms with van der Waals surface area (Å²) in [6.07, 6.45) is -3.59. The minimum Gasteiger partial charge on any atom is -0.454 e. The molecule has 0 saturated heterocycles. The molecule has 0 aliphatic rings. The van der Waals surface area contributed by atoms with Crippen molar-refractivity contribution in [3.63, 3.8) is 0 Å². The summed E-state index contributed by atoms with van der Waals surface area (Å²) in [6, 6.07) is 15.9. The number of alkyl halides is 3. The molecule has 37 heavy (non-hydrogen) atoms. The zero-order valence-electron chi connectivity index (χ0n) is 19.8. The molecule has 0 spiro atoms. The summed E-state index contributed by atoms with van der Waals surface area (Å²) in [6.45, 7) is 3.37. The van der Waals surface area contributed by atoms with Crippen LogP contribution in [-0.2, 0) is 15.7 Å². The maximum Gasteiger partial charge on any atom is 0.416 e. The fraction of sp³-hybridized carbons (Fsp3) is 0.214. The van der Waals surface area contributed by atoms with E-state index in [-0.39, 0.29) is 22.8 Å².